The predicted octanol–water partition coefficient (Wildman–Crippen LogP) is 3.49. The van der Waals surface area contributed by atoms with Crippen molar-refractivity contribution in [3.05, 3.63) is 90.1 Å². The highest BCUT2D eigenvalue weighted by molar-refractivity contribution is 14.1. The van der Waals surface area contributed by atoms with E-state index in [4.69, 9.17) is 18.9 Å². The van der Waals surface area contributed by atoms with E-state index >= 15 is 0 Å². The summed E-state index contributed by atoms with van der Waals surface area (Å²) in [4.78, 5) is 27.7. The van der Waals surface area contributed by atoms with Gasteiger partial charge >= 0.3 is 5.69 Å². The summed E-state index contributed by atoms with van der Waals surface area (Å²) in [5.74, 6) is 2.46. The summed E-state index contributed by atoms with van der Waals surface area (Å²) in [6.07, 6.45) is 1.43. The highest BCUT2D eigenvalue weighted by atomic mass is 127. The zero-order chi connectivity index (χ0) is 23.7. The first kappa shape index (κ1) is 22.0. The molecule has 5 rings (SSSR count). The Hall–Kier alpha value is -3.80. The summed E-state index contributed by atoms with van der Waals surface area (Å²) in [6.45, 7) is 0.518. The van der Waals surface area contributed by atoms with Crippen molar-refractivity contribution in [2.45, 2.75) is 6.61 Å². The van der Waals surface area contributed by atoms with Crippen LogP contribution in [0.15, 0.2) is 69.3 Å². The first-order chi connectivity index (χ1) is 16.5. The molecular weight excluding hydrogens is 553 g/mol. The summed E-state index contributed by atoms with van der Waals surface area (Å²) in [5, 5.41) is 4.48. The van der Waals surface area contributed by atoms with Gasteiger partial charge in [-0.1, -0.05) is 18.2 Å². The Bertz CT molecular complexity index is 1540. The summed E-state index contributed by atoms with van der Waals surface area (Å²) in [5.41, 5.74) is 0.897. The summed E-state index contributed by atoms with van der Waals surface area (Å²) >= 11 is 2.14. The summed E-state index contributed by atoms with van der Waals surface area (Å²) < 4.78 is 23.9. The molecule has 0 aliphatic carbocycles. The normalized spacial score (nSPS) is 12.4. The number of benzene rings is 3. The molecule has 0 radical (unpaired) electrons. The highest BCUT2D eigenvalue weighted by Crippen LogP contribution is 2.36. The molecule has 10 heteroatoms. The molecule has 172 valence electrons. The molecule has 1 aromatic heterocycles. The number of nitrogens with zero attached hydrogens (tertiary/aromatic N) is 2. The predicted molar refractivity (Wildman–Crippen MR) is 134 cm³/mol. The van der Waals surface area contributed by atoms with Crippen molar-refractivity contribution in [3.63, 3.8) is 0 Å². The second-order valence-corrected chi connectivity index (χ2v) is 8.51. The lowest BCUT2D eigenvalue weighted by Crippen LogP contribution is -2.32. The van der Waals surface area contributed by atoms with Gasteiger partial charge in [-0.05, 0) is 70.1 Å². The van der Waals surface area contributed by atoms with Crippen molar-refractivity contribution < 1.29 is 18.9 Å². The number of hydrogen-bond acceptors (Lipinski definition) is 7. The standard InChI is InChI=1S/C24H18IN3O6/c1-31-21-10-15(11-26-28-23(29)16-4-2-3-5-18(16)27-24(28)30)8-17(25)22(21)32-12-14-6-7-19-20(9-14)34-13-33-19/h2-11H,12-13H2,1H3,(H,27,30). The zero-order valence-corrected chi connectivity index (χ0v) is 20.1. The van der Waals surface area contributed by atoms with Crippen LogP contribution in [-0.4, -0.2) is 29.8 Å². The Balaban J connectivity index is 1.40. The molecule has 34 heavy (non-hydrogen) atoms. The second kappa shape index (κ2) is 9.21. The summed E-state index contributed by atoms with van der Waals surface area (Å²) in [7, 11) is 1.54. The van der Waals surface area contributed by atoms with Gasteiger partial charge in [-0.15, -0.1) is 4.68 Å². The van der Waals surface area contributed by atoms with E-state index in [1.165, 1.54) is 13.3 Å². The van der Waals surface area contributed by atoms with Gasteiger partial charge < -0.3 is 23.9 Å². The number of H-pyrrole nitrogens is 1. The lowest BCUT2D eigenvalue weighted by atomic mass is 10.2. The third-order valence-electron chi connectivity index (χ3n) is 5.18. The minimum atomic E-state index is -0.620. The van der Waals surface area contributed by atoms with Gasteiger partial charge in [0.2, 0.25) is 6.79 Å². The van der Waals surface area contributed by atoms with Gasteiger partial charge in [-0.3, -0.25) is 4.79 Å². The van der Waals surface area contributed by atoms with Gasteiger partial charge in [0.05, 0.1) is 27.8 Å². The van der Waals surface area contributed by atoms with E-state index in [0.29, 0.717) is 46.1 Å². The van der Waals surface area contributed by atoms with Crippen molar-refractivity contribution in [2.24, 2.45) is 5.10 Å². The zero-order valence-electron chi connectivity index (χ0n) is 17.9. The van der Waals surface area contributed by atoms with Crippen LogP contribution in [0.3, 0.4) is 0 Å². The number of ether oxygens (including phenoxy) is 4. The van der Waals surface area contributed by atoms with E-state index < -0.39 is 11.2 Å². The van der Waals surface area contributed by atoms with Crippen LogP contribution in [0.2, 0.25) is 0 Å². The molecular formula is C24H18IN3O6. The number of aromatic nitrogens is 2. The summed E-state index contributed by atoms with van der Waals surface area (Å²) in [6, 6.07) is 16.0. The van der Waals surface area contributed by atoms with Gasteiger partial charge in [0.1, 0.15) is 6.61 Å². The van der Waals surface area contributed by atoms with E-state index in [2.05, 4.69) is 32.7 Å². The molecule has 0 atom stereocenters. The Morgan fingerprint density at radius 2 is 1.94 bits per heavy atom. The van der Waals surface area contributed by atoms with Crippen molar-refractivity contribution in [1.29, 1.82) is 0 Å². The number of halogens is 1. The molecule has 0 bridgehead atoms. The number of hydrogen-bond donors (Lipinski definition) is 1. The van der Waals surface area contributed by atoms with E-state index in [9.17, 15) is 9.59 Å². The SMILES string of the molecule is COc1cc(C=Nn2c(=O)[nH]c3ccccc3c2=O)cc(I)c1OCc1ccc2c(c1)OCO2. The molecule has 9 nitrogen and oxygen atoms in total. The molecule has 0 amide bonds. The first-order valence-corrected chi connectivity index (χ1v) is 11.3. The number of nitrogens with one attached hydrogen (secondary N) is 1. The maximum atomic E-state index is 12.7. The fraction of sp³-hybridized carbons (Fsp3) is 0.125. The number of rotatable bonds is 6. The molecule has 0 saturated carbocycles. The molecule has 2 heterocycles. The van der Waals surface area contributed by atoms with Gasteiger partial charge in [0.25, 0.3) is 5.56 Å². The molecule has 0 fully saturated rings. The molecule has 1 N–H and O–H groups in total. The van der Waals surface area contributed by atoms with E-state index in [1.54, 1.807) is 30.3 Å². The minimum Gasteiger partial charge on any atom is -0.493 e. The third-order valence-corrected chi connectivity index (χ3v) is 5.98. The van der Waals surface area contributed by atoms with Gasteiger partial charge in [0.15, 0.2) is 23.0 Å². The lowest BCUT2D eigenvalue weighted by Gasteiger charge is -2.14. The quantitative estimate of drug-likeness (QED) is 0.281. The Labute approximate surface area is 206 Å². The van der Waals surface area contributed by atoms with Crippen LogP contribution in [0.5, 0.6) is 23.0 Å². The van der Waals surface area contributed by atoms with Crippen molar-refractivity contribution >= 4 is 39.7 Å². The third kappa shape index (κ3) is 4.23. The van der Waals surface area contributed by atoms with Gasteiger partial charge in [-0.25, -0.2) is 4.79 Å². The van der Waals surface area contributed by atoms with Crippen molar-refractivity contribution in [3.8, 4) is 23.0 Å². The van der Waals surface area contributed by atoms with Crippen LogP contribution >= 0.6 is 22.6 Å². The average Bonchev–Trinajstić information content (AvgIpc) is 3.31. The molecule has 0 saturated heterocycles. The first-order valence-electron chi connectivity index (χ1n) is 10.2. The van der Waals surface area contributed by atoms with E-state index in [1.807, 2.05) is 24.3 Å². The topological polar surface area (TPSA) is 104 Å². The van der Waals surface area contributed by atoms with Crippen molar-refractivity contribution in [1.82, 2.24) is 9.66 Å². The van der Waals surface area contributed by atoms with Crippen LogP contribution in [0.25, 0.3) is 10.9 Å². The Kier molecular flexibility index (Phi) is 5.97. The maximum Gasteiger partial charge on any atom is 0.349 e. The number of fused-ring (bicyclic) bond motifs is 2. The number of aromatic amines is 1. The van der Waals surface area contributed by atoms with Gasteiger partial charge in [0, 0.05) is 0 Å². The smallest absolute Gasteiger partial charge is 0.349 e. The molecule has 1 aliphatic rings. The average molecular weight is 571 g/mol. The Morgan fingerprint density at radius 3 is 2.79 bits per heavy atom. The van der Waals surface area contributed by atoms with Crippen LogP contribution in [0.1, 0.15) is 11.1 Å². The van der Waals surface area contributed by atoms with Crippen LogP contribution < -0.4 is 30.2 Å². The second-order valence-electron chi connectivity index (χ2n) is 7.35. The molecule has 0 spiro atoms. The van der Waals surface area contributed by atoms with Crippen molar-refractivity contribution in [2.75, 3.05) is 13.9 Å². The van der Waals surface area contributed by atoms with Crippen LogP contribution in [0, 0.1) is 3.57 Å². The van der Waals surface area contributed by atoms with E-state index in [-0.39, 0.29) is 6.79 Å². The minimum absolute atomic E-state index is 0.214. The van der Waals surface area contributed by atoms with Crippen LogP contribution in [0.4, 0.5) is 0 Å². The fourth-order valence-corrected chi connectivity index (χ4v) is 4.30. The highest BCUT2D eigenvalue weighted by Gasteiger charge is 2.15. The molecule has 3 aromatic carbocycles. The molecule has 1 aliphatic heterocycles. The molecule has 0 unspecified atom stereocenters. The largest absolute Gasteiger partial charge is 0.493 e. The number of para-hydroxylation sites is 1. The maximum absolute atomic E-state index is 12.7. The fourth-order valence-electron chi connectivity index (χ4n) is 3.52. The van der Waals surface area contributed by atoms with Gasteiger partial charge in [-0.2, -0.15) is 5.10 Å². The van der Waals surface area contributed by atoms with Crippen LogP contribution in [-0.2, 0) is 6.61 Å². The monoisotopic (exact) mass is 571 g/mol. The van der Waals surface area contributed by atoms with E-state index in [0.717, 1.165) is 13.8 Å². The lowest BCUT2D eigenvalue weighted by molar-refractivity contribution is 0.174. The molecule has 4 aromatic rings. The Morgan fingerprint density at radius 1 is 1.12 bits per heavy atom. The number of methoxy groups -OCH3 is 1.